The van der Waals surface area contributed by atoms with E-state index < -0.39 is 0 Å². The number of nitrogens with zero attached hydrogens (tertiary/aromatic N) is 2. The van der Waals surface area contributed by atoms with Crippen molar-refractivity contribution in [1.82, 2.24) is 15.1 Å². The zero-order chi connectivity index (χ0) is 18.4. The average molecular weight is 357 g/mol. The number of hydrogen-bond donors (Lipinski definition) is 1. The van der Waals surface area contributed by atoms with Gasteiger partial charge in [-0.15, -0.1) is 0 Å². The summed E-state index contributed by atoms with van der Waals surface area (Å²) in [7, 11) is 0. The van der Waals surface area contributed by atoms with Crippen LogP contribution in [0.15, 0.2) is 30.3 Å². The summed E-state index contributed by atoms with van der Waals surface area (Å²) in [6.45, 7) is 6.18. The maximum Gasteiger partial charge on any atom is 0.240 e. The summed E-state index contributed by atoms with van der Waals surface area (Å²) in [4.78, 5) is 29.1. The first-order valence-corrected chi connectivity index (χ1v) is 9.97. The van der Waals surface area contributed by atoms with E-state index in [0.29, 0.717) is 12.3 Å². The first kappa shape index (κ1) is 18.9. The molecular formula is C21H31N3O2. The second-order valence-corrected chi connectivity index (χ2v) is 7.69. The van der Waals surface area contributed by atoms with Gasteiger partial charge >= 0.3 is 0 Å². The Morgan fingerprint density at radius 1 is 1.15 bits per heavy atom. The van der Waals surface area contributed by atoms with Crippen LogP contribution in [0.25, 0.3) is 0 Å². The molecule has 2 fully saturated rings. The predicted octanol–water partition coefficient (Wildman–Crippen LogP) is 2.07. The molecule has 2 heterocycles. The summed E-state index contributed by atoms with van der Waals surface area (Å²) in [5.41, 5.74) is 1.31. The lowest BCUT2D eigenvalue weighted by molar-refractivity contribution is -0.141. The van der Waals surface area contributed by atoms with Crippen molar-refractivity contribution in [3.63, 3.8) is 0 Å². The number of rotatable bonds is 6. The molecule has 1 atom stereocenters. The van der Waals surface area contributed by atoms with Crippen molar-refractivity contribution in [3.05, 3.63) is 35.9 Å². The van der Waals surface area contributed by atoms with Gasteiger partial charge in [-0.2, -0.15) is 0 Å². The van der Waals surface area contributed by atoms with Crippen LogP contribution in [0.2, 0.25) is 0 Å². The third-order valence-electron chi connectivity index (χ3n) is 5.63. The third-order valence-corrected chi connectivity index (χ3v) is 5.63. The van der Waals surface area contributed by atoms with Crippen molar-refractivity contribution in [2.45, 2.75) is 45.1 Å². The van der Waals surface area contributed by atoms with E-state index in [9.17, 15) is 9.59 Å². The van der Waals surface area contributed by atoms with Crippen molar-refractivity contribution in [2.75, 3.05) is 32.7 Å². The van der Waals surface area contributed by atoms with Gasteiger partial charge < -0.3 is 15.1 Å². The summed E-state index contributed by atoms with van der Waals surface area (Å²) in [6, 6.07) is 10.0. The Labute approximate surface area is 156 Å². The molecule has 2 amide bonds. The Bertz CT molecular complexity index is 597. The van der Waals surface area contributed by atoms with Gasteiger partial charge in [0.05, 0.1) is 12.5 Å². The van der Waals surface area contributed by atoms with Gasteiger partial charge in [0.1, 0.15) is 0 Å². The van der Waals surface area contributed by atoms with E-state index in [4.69, 9.17) is 0 Å². The minimum Gasteiger partial charge on any atom is -0.343 e. The van der Waals surface area contributed by atoms with Gasteiger partial charge in [0.25, 0.3) is 0 Å². The fraction of sp³-hybridized carbons (Fsp3) is 0.619. The Hall–Kier alpha value is -1.88. The Morgan fingerprint density at radius 2 is 1.88 bits per heavy atom. The Kier molecular flexibility index (Phi) is 6.67. The smallest absolute Gasteiger partial charge is 0.240 e. The van der Waals surface area contributed by atoms with Gasteiger partial charge in [-0.25, -0.2) is 0 Å². The minimum atomic E-state index is -0.354. The van der Waals surface area contributed by atoms with E-state index in [0.717, 1.165) is 58.4 Å². The Balaban J connectivity index is 1.45. The van der Waals surface area contributed by atoms with Crippen LogP contribution in [-0.4, -0.2) is 60.4 Å². The molecule has 1 unspecified atom stereocenters. The van der Waals surface area contributed by atoms with Crippen LogP contribution in [0.3, 0.4) is 0 Å². The van der Waals surface area contributed by atoms with Crippen molar-refractivity contribution in [3.8, 4) is 0 Å². The quantitative estimate of drug-likeness (QED) is 0.848. The number of piperidine rings is 1. The summed E-state index contributed by atoms with van der Waals surface area (Å²) in [5, 5.41) is 3.25. The van der Waals surface area contributed by atoms with Crippen LogP contribution < -0.4 is 5.32 Å². The van der Waals surface area contributed by atoms with Crippen LogP contribution in [0.1, 0.15) is 38.2 Å². The highest BCUT2D eigenvalue weighted by molar-refractivity contribution is 5.89. The fourth-order valence-electron chi connectivity index (χ4n) is 3.85. The Morgan fingerprint density at radius 3 is 2.62 bits per heavy atom. The minimum absolute atomic E-state index is 0.0861. The molecule has 0 bridgehead atoms. The molecule has 2 aliphatic heterocycles. The van der Waals surface area contributed by atoms with E-state index in [1.165, 1.54) is 5.56 Å². The van der Waals surface area contributed by atoms with Gasteiger partial charge in [-0.3, -0.25) is 9.59 Å². The largest absolute Gasteiger partial charge is 0.343 e. The molecule has 0 aliphatic carbocycles. The first-order chi connectivity index (χ1) is 12.6. The highest BCUT2D eigenvalue weighted by Crippen LogP contribution is 2.18. The molecule has 26 heavy (non-hydrogen) atoms. The maximum atomic E-state index is 12.7. The number of piperazine rings is 1. The molecule has 5 nitrogen and oxygen atoms in total. The lowest BCUT2D eigenvalue weighted by atomic mass is 9.98. The SMILES string of the molecule is CC1CCN(C(=O)CC2NCCN(CCCc3ccccc3)C2=O)CC1. The van der Waals surface area contributed by atoms with E-state index in [1.807, 2.05) is 28.0 Å². The molecule has 3 rings (SSSR count). The lowest BCUT2D eigenvalue weighted by Gasteiger charge is -2.35. The number of benzene rings is 1. The summed E-state index contributed by atoms with van der Waals surface area (Å²) < 4.78 is 0. The standard InChI is InChI=1S/C21H31N3O2/c1-17-9-13-23(14-10-17)20(25)16-19-21(26)24(15-11-22-19)12-5-8-18-6-3-2-4-7-18/h2-4,6-7,17,19,22H,5,8-16H2,1H3. The molecule has 142 valence electrons. The van der Waals surface area contributed by atoms with E-state index in [1.54, 1.807) is 0 Å². The predicted molar refractivity (Wildman–Crippen MR) is 103 cm³/mol. The maximum absolute atomic E-state index is 12.7. The molecule has 0 radical (unpaired) electrons. The van der Waals surface area contributed by atoms with Crippen LogP contribution in [0.4, 0.5) is 0 Å². The zero-order valence-corrected chi connectivity index (χ0v) is 15.8. The first-order valence-electron chi connectivity index (χ1n) is 9.97. The summed E-state index contributed by atoms with van der Waals surface area (Å²) >= 11 is 0. The van der Waals surface area contributed by atoms with Crippen LogP contribution in [0.5, 0.6) is 0 Å². The van der Waals surface area contributed by atoms with Crippen LogP contribution in [-0.2, 0) is 16.0 Å². The third kappa shape index (κ3) is 5.07. The van der Waals surface area contributed by atoms with Crippen LogP contribution in [0, 0.1) is 5.92 Å². The molecule has 1 aromatic carbocycles. The highest BCUT2D eigenvalue weighted by atomic mass is 16.2. The molecule has 1 aromatic rings. The van der Waals surface area contributed by atoms with Gasteiger partial charge in [0.2, 0.25) is 11.8 Å². The number of likely N-dealkylation sites (tertiary alicyclic amines) is 1. The second kappa shape index (κ2) is 9.17. The number of hydrogen-bond acceptors (Lipinski definition) is 3. The van der Waals surface area contributed by atoms with Crippen molar-refractivity contribution >= 4 is 11.8 Å². The van der Waals surface area contributed by atoms with Crippen LogP contribution >= 0.6 is 0 Å². The molecule has 2 saturated heterocycles. The van der Waals surface area contributed by atoms with Crippen molar-refractivity contribution in [2.24, 2.45) is 5.92 Å². The fourth-order valence-corrected chi connectivity index (χ4v) is 3.85. The molecule has 2 aliphatic rings. The second-order valence-electron chi connectivity index (χ2n) is 7.69. The van der Waals surface area contributed by atoms with Gasteiger partial charge in [-0.1, -0.05) is 37.3 Å². The molecule has 0 saturated carbocycles. The van der Waals surface area contributed by atoms with Gasteiger partial charge in [0.15, 0.2) is 0 Å². The number of amides is 2. The van der Waals surface area contributed by atoms with Gasteiger partial charge in [0, 0.05) is 32.7 Å². The average Bonchev–Trinajstić information content (AvgIpc) is 2.66. The van der Waals surface area contributed by atoms with Crippen molar-refractivity contribution < 1.29 is 9.59 Å². The number of aryl methyl sites for hydroxylation is 1. The normalized spacial score (nSPS) is 21.9. The summed E-state index contributed by atoms with van der Waals surface area (Å²) in [6.07, 6.45) is 4.38. The number of nitrogens with one attached hydrogen (secondary N) is 1. The highest BCUT2D eigenvalue weighted by Gasteiger charge is 2.31. The molecule has 5 heteroatoms. The van der Waals surface area contributed by atoms with Crippen molar-refractivity contribution in [1.29, 1.82) is 0 Å². The molecule has 0 spiro atoms. The zero-order valence-electron chi connectivity index (χ0n) is 15.8. The molecule has 1 N–H and O–H groups in total. The summed E-state index contributed by atoms with van der Waals surface area (Å²) in [5.74, 6) is 0.908. The lowest BCUT2D eigenvalue weighted by Crippen LogP contribution is -2.56. The van der Waals surface area contributed by atoms with E-state index >= 15 is 0 Å². The van der Waals surface area contributed by atoms with Gasteiger partial charge in [-0.05, 0) is 37.2 Å². The van der Waals surface area contributed by atoms with E-state index in [2.05, 4.69) is 24.4 Å². The molecule has 0 aromatic heterocycles. The number of carbonyl (C=O) groups is 2. The molecular weight excluding hydrogens is 326 g/mol. The van der Waals surface area contributed by atoms with E-state index in [-0.39, 0.29) is 17.9 Å². The number of carbonyl (C=O) groups excluding carboxylic acids is 2. The monoisotopic (exact) mass is 357 g/mol. The topological polar surface area (TPSA) is 52.7 Å².